The van der Waals surface area contributed by atoms with E-state index in [4.69, 9.17) is 0 Å². The molecule has 100 valence electrons. The van der Waals surface area contributed by atoms with Gasteiger partial charge in [-0.2, -0.15) is 0 Å². The summed E-state index contributed by atoms with van der Waals surface area (Å²) in [5.74, 6) is -4.01. The molecule has 1 aromatic carbocycles. The van der Waals surface area contributed by atoms with Crippen molar-refractivity contribution in [3.05, 3.63) is 28.2 Å². The van der Waals surface area contributed by atoms with E-state index >= 15 is 0 Å². The summed E-state index contributed by atoms with van der Waals surface area (Å²) in [5, 5.41) is 2.69. The lowest BCUT2D eigenvalue weighted by Gasteiger charge is -2.13. The van der Waals surface area contributed by atoms with Gasteiger partial charge in [0.05, 0.1) is 10.2 Å². The molecule has 1 atom stereocenters. The molecule has 1 N–H and O–H groups in total. The minimum absolute atomic E-state index is 0.00548. The van der Waals surface area contributed by atoms with E-state index in [1.54, 1.807) is 0 Å². The Balaban J connectivity index is 1.97. The molecule has 1 aliphatic carbocycles. The van der Waals surface area contributed by atoms with Gasteiger partial charge >= 0.3 is 0 Å². The summed E-state index contributed by atoms with van der Waals surface area (Å²) in [6.45, 7) is 0.230. The van der Waals surface area contributed by atoms with Crippen LogP contribution in [0.3, 0.4) is 0 Å². The van der Waals surface area contributed by atoms with E-state index in [1.165, 1.54) is 0 Å². The van der Waals surface area contributed by atoms with Gasteiger partial charge in [0.1, 0.15) is 11.6 Å². The van der Waals surface area contributed by atoms with Gasteiger partial charge in [-0.15, -0.1) is 0 Å². The van der Waals surface area contributed by atoms with E-state index in [1.807, 2.05) is 0 Å². The molecule has 6 heteroatoms. The SMILES string of the molecule is Fc1cc(NCC2CCC(F)(F)C2)c(F)cc1Br. The third-order valence-corrected chi connectivity index (χ3v) is 3.70. The number of alkyl halides is 2. The molecule has 1 fully saturated rings. The third-order valence-electron chi connectivity index (χ3n) is 3.10. The van der Waals surface area contributed by atoms with E-state index in [0.717, 1.165) is 12.1 Å². The molecule has 0 aliphatic heterocycles. The molecule has 1 aromatic rings. The molecule has 0 spiro atoms. The zero-order valence-electron chi connectivity index (χ0n) is 9.45. The van der Waals surface area contributed by atoms with Crippen molar-refractivity contribution < 1.29 is 17.6 Å². The maximum absolute atomic E-state index is 13.4. The summed E-state index contributed by atoms with van der Waals surface area (Å²) in [6, 6.07) is 2.04. The third kappa shape index (κ3) is 3.16. The molecule has 0 amide bonds. The molecule has 0 aromatic heterocycles. The second-order valence-electron chi connectivity index (χ2n) is 4.59. The molecule has 0 saturated heterocycles. The Morgan fingerprint density at radius 2 is 2.00 bits per heavy atom. The molecule has 0 heterocycles. The predicted molar refractivity (Wildman–Crippen MR) is 64.8 cm³/mol. The summed E-state index contributed by atoms with van der Waals surface area (Å²) in [4.78, 5) is 0. The zero-order chi connectivity index (χ0) is 13.3. The first kappa shape index (κ1) is 13.6. The fraction of sp³-hybridized carbons (Fsp3) is 0.500. The molecular weight excluding hydrogens is 314 g/mol. The van der Waals surface area contributed by atoms with Crippen LogP contribution in [0, 0.1) is 17.6 Å². The van der Waals surface area contributed by atoms with Gasteiger partial charge in [-0.1, -0.05) is 0 Å². The number of nitrogens with one attached hydrogen (secondary N) is 1. The number of halogens is 5. The van der Waals surface area contributed by atoms with Crippen LogP contribution in [0.2, 0.25) is 0 Å². The Bertz CT molecular complexity index is 450. The number of hydrogen-bond donors (Lipinski definition) is 1. The van der Waals surface area contributed by atoms with Gasteiger partial charge in [-0.3, -0.25) is 0 Å². The van der Waals surface area contributed by atoms with Crippen molar-refractivity contribution in [3.63, 3.8) is 0 Å². The summed E-state index contributed by atoms with van der Waals surface area (Å²) in [6.07, 6.45) is 0.0811. The molecule has 1 saturated carbocycles. The Morgan fingerprint density at radius 1 is 1.28 bits per heavy atom. The summed E-state index contributed by atoms with van der Waals surface area (Å²) >= 11 is 2.87. The summed E-state index contributed by atoms with van der Waals surface area (Å²) in [5.41, 5.74) is 0.00548. The number of anilines is 1. The molecule has 1 nitrogen and oxygen atoms in total. The van der Waals surface area contributed by atoms with Crippen molar-refractivity contribution in [1.29, 1.82) is 0 Å². The fourth-order valence-electron chi connectivity index (χ4n) is 2.13. The van der Waals surface area contributed by atoms with Crippen LogP contribution >= 0.6 is 15.9 Å². The van der Waals surface area contributed by atoms with Crippen LogP contribution in [0.5, 0.6) is 0 Å². The van der Waals surface area contributed by atoms with Crippen LogP contribution in [0.15, 0.2) is 16.6 Å². The van der Waals surface area contributed by atoms with Crippen molar-refractivity contribution in [2.75, 3.05) is 11.9 Å². The lowest BCUT2D eigenvalue weighted by molar-refractivity contribution is 0.00556. The van der Waals surface area contributed by atoms with Crippen LogP contribution in [-0.2, 0) is 0 Å². The molecule has 0 bridgehead atoms. The summed E-state index contributed by atoms with van der Waals surface area (Å²) < 4.78 is 52.6. The second kappa shape index (κ2) is 5.07. The van der Waals surface area contributed by atoms with Gasteiger partial charge in [0.2, 0.25) is 5.92 Å². The summed E-state index contributed by atoms with van der Waals surface area (Å²) in [7, 11) is 0. The van der Waals surface area contributed by atoms with E-state index in [-0.39, 0.29) is 35.5 Å². The van der Waals surface area contributed by atoms with Crippen molar-refractivity contribution in [2.24, 2.45) is 5.92 Å². The quantitative estimate of drug-likeness (QED) is 0.633. The Morgan fingerprint density at radius 3 is 2.61 bits per heavy atom. The highest BCUT2D eigenvalue weighted by atomic mass is 79.9. The smallest absolute Gasteiger partial charge is 0.248 e. The minimum atomic E-state index is -2.62. The average molecular weight is 326 g/mol. The standard InChI is InChI=1S/C12H12BrF4N/c13-8-3-10(15)11(4-9(8)14)18-6-7-1-2-12(16,17)5-7/h3-4,7,18H,1-2,5-6H2. The van der Waals surface area contributed by atoms with Gasteiger partial charge in [-0.05, 0) is 34.3 Å². The van der Waals surface area contributed by atoms with Gasteiger partial charge in [0, 0.05) is 25.5 Å². The highest BCUT2D eigenvalue weighted by Gasteiger charge is 2.39. The normalized spacial score (nSPS) is 22.2. The maximum Gasteiger partial charge on any atom is 0.248 e. The van der Waals surface area contributed by atoms with Crippen molar-refractivity contribution in [1.82, 2.24) is 0 Å². The Labute approximate surface area is 111 Å². The van der Waals surface area contributed by atoms with Gasteiger partial charge < -0.3 is 5.32 Å². The lowest BCUT2D eigenvalue weighted by atomic mass is 10.1. The first-order chi connectivity index (χ1) is 8.37. The van der Waals surface area contributed by atoms with Gasteiger partial charge in [0.25, 0.3) is 0 Å². The predicted octanol–water partition coefficient (Wildman–Crippen LogP) is 4.57. The van der Waals surface area contributed by atoms with E-state index in [0.29, 0.717) is 6.42 Å². The zero-order valence-corrected chi connectivity index (χ0v) is 11.0. The van der Waals surface area contributed by atoms with E-state index < -0.39 is 17.6 Å². The second-order valence-corrected chi connectivity index (χ2v) is 5.45. The molecule has 18 heavy (non-hydrogen) atoms. The fourth-order valence-corrected chi connectivity index (χ4v) is 2.44. The Hall–Kier alpha value is -0.780. The van der Waals surface area contributed by atoms with Crippen LogP contribution in [0.1, 0.15) is 19.3 Å². The molecule has 0 radical (unpaired) electrons. The highest BCUT2D eigenvalue weighted by Crippen LogP contribution is 2.38. The maximum atomic E-state index is 13.4. The first-order valence-corrected chi connectivity index (χ1v) is 6.43. The van der Waals surface area contributed by atoms with Crippen molar-refractivity contribution in [2.45, 2.75) is 25.2 Å². The molecular formula is C12H12BrF4N. The number of rotatable bonds is 3. The monoisotopic (exact) mass is 325 g/mol. The van der Waals surface area contributed by atoms with Crippen LogP contribution in [0.25, 0.3) is 0 Å². The van der Waals surface area contributed by atoms with Crippen LogP contribution < -0.4 is 5.32 Å². The molecule has 1 aliphatic rings. The molecule has 1 unspecified atom stereocenters. The Kier molecular flexibility index (Phi) is 3.84. The molecule has 2 rings (SSSR count). The van der Waals surface area contributed by atoms with Crippen LogP contribution in [-0.4, -0.2) is 12.5 Å². The van der Waals surface area contributed by atoms with E-state index in [2.05, 4.69) is 21.2 Å². The average Bonchev–Trinajstić information content (AvgIpc) is 2.62. The highest BCUT2D eigenvalue weighted by molar-refractivity contribution is 9.10. The van der Waals surface area contributed by atoms with Gasteiger partial charge in [-0.25, -0.2) is 17.6 Å². The van der Waals surface area contributed by atoms with Crippen molar-refractivity contribution in [3.8, 4) is 0 Å². The van der Waals surface area contributed by atoms with Gasteiger partial charge in [0.15, 0.2) is 0 Å². The number of benzene rings is 1. The topological polar surface area (TPSA) is 12.0 Å². The largest absolute Gasteiger partial charge is 0.382 e. The first-order valence-electron chi connectivity index (χ1n) is 5.64. The minimum Gasteiger partial charge on any atom is -0.382 e. The van der Waals surface area contributed by atoms with Crippen molar-refractivity contribution >= 4 is 21.6 Å². The van der Waals surface area contributed by atoms with E-state index in [9.17, 15) is 17.6 Å². The number of hydrogen-bond acceptors (Lipinski definition) is 1. The van der Waals surface area contributed by atoms with Crippen LogP contribution in [0.4, 0.5) is 23.2 Å². The lowest BCUT2D eigenvalue weighted by Crippen LogP contribution is -2.16.